The average molecular weight is 449 g/mol. The predicted octanol–water partition coefficient (Wildman–Crippen LogP) is 5.04. The van der Waals surface area contributed by atoms with Crippen molar-refractivity contribution in [3.63, 3.8) is 0 Å². The van der Waals surface area contributed by atoms with E-state index < -0.39 is 0 Å². The van der Waals surface area contributed by atoms with Crippen LogP contribution in [0.1, 0.15) is 15.9 Å². The van der Waals surface area contributed by atoms with Gasteiger partial charge in [-0.15, -0.1) is 10.2 Å². The molecule has 1 heterocycles. The zero-order valence-corrected chi connectivity index (χ0v) is 17.5. The standard InChI is InChI=1S/C18H17BrN4OS2/c1-23(2)16(24)13-8-6-12(7-9-13)11-25-18-22-21-17(26-18)20-15-5-3-4-14(19)10-15/h3-10H,11H2,1-2H3,(H,20,21). The van der Waals surface area contributed by atoms with E-state index in [0.717, 1.165) is 30.9 Å². The number of nitrogens with one attached hydrogen (secondary N) is 1. The van der Waals surface area contributed by atoms with Gasteiger partial charge in [0.1, 0.15) is 0 Å². The molecular formula is C18H17BrN4OS2. The normalized spacial score (nSPS) is 10.6. The Morgan fingerprint density at radius 2 is 1.96 bits per heavy atom. The van der Waals surface area contributed by atoms with Crippen LogP contribution < -0.4 is 5.32 Å². The van der Waals surface area contributed by atoms with Gasteiger partial charge in [-0.25, -0.2) is 0 Å². The molecule has 0 aliphatic carbocycles. The fourth-order valence-electron chi connectivity index (χ4n) is 2.16. The van der Waals surface area contributed by atoms with E-state index in [-0.39, 0.29) is 5.91 Å². The number of hydrogen-bond donors (Lipinski definition) is 1. The van der Waals surface area contributed by atoms with Crippen LogP contribution in [0.15, 0.2) is 57.3 Å². The maximum Gasteiger partial charge on any atom is 0.253 e. The van der Waals surface area contributed by atoms with E-state index in [0.29, 0.717) is 5.56 Å². The van der Waals surface area contributed by atoms with Crippen LogP contribution in [0.4, 0.5) is 10.8 Å². The highest BCUT2D eigenvalue weighted by molar-refractivity contribution is 9.10. The first-order valence-corrected chi connectivity index (χ1v) is 10.4. The third-order valence-electron chi connectivity index (χ3n) is 3.45. The summed E-state index contributed by atoms with van der Waals surface area (Å²) >= 11 is 6.60. The van der Waals surface area contributed by atoms with Gasteiger partial charge in [-0.05, 0) is 35.9 Å². The van der Waals surface area contributed by atoms with Crippen LogP contribution in [0.2, 0.25) is 0 Å². The minimum atomic E-state index is 0.0107. The highest BCUT2D eigenvalue weighted by Gasteiger charge is 2.09. The number of halogens is 1. The molecule has 1 aromatic heterocycles. The fraction of sp³-hybridized carbons (Fsp3) is 0.167. The third kappa shape index (κ3) is 5.06. The molecule has 3 aromatic rings. The Hall–Kier alpha value is -1.90. The average Bonchev–Trinajstić information content (AvgIpc) is 3.07. The van der Waals surface area contributed by atoms with Gasteiger partial charge in [0, 0.05) is 35.6 Å². The number of carbonyl (C=O) groups excluding carboxylic acids is 1. The van der Waals surface area contributed by atoms with Crippen molar-refractivity contribution < 1.29 is 4.79 Å². The molecule has 0 aliphatic heterocycles. The summed E-state index contributed by atoms with van der Waals surface area (Å²) in [6.07, 6.45) is 0. The van der Waals surface area contributed by atoms with Crippen molar-refractivity contribution in [1.82, 2.24) is 15.1 Å². The van der Waals surface area contributed by atoms with Crippen molar-refractivity contribution >= 4 is 55.8 Å². The van der Waals surface area contributed by atoms with E-state index in [4.69, 9.17) is 0 Å². The lowest BCUT2D eigenvalue weighted by molar-refractivity contribution is 0.0827. The van der Waals surface area contributed by atoms with E-state index in [9.17, 15) is 4.79 Å². The smallest absolute Gasteiger partial charge is 0.253 e. The van der Waals surface area contributed by atoms with Gasteiger partial charge < -0.3 is 10.2 Å². The number of benzene rings is 2. The molecule has 26 heavy (non-hydrogen) atoms. The first-order chi connectivity index (χ1) is 12.5. The quantitative estimate of drug-likeness (QED) is 0.535. The highest BCUT2D eigenvalue weighted by atomic mass is 79.9. The van der Waals surface area contributed by atoms with Crippen molar-refractivity contribution in [2.24, 2.45) is 0 Å². The van der Waals surface area contributed by atoms with Gasteiger partial charge in [0.15, 0.2) is 4.34 Å². The van der Waals surface area contributed by atoms with E-state index >= 15 is 0 Å². The molecule has 0 saturated heterocycles. The Labute approximate surface area is 169 Å². The Balaban J connectivity index is 1.57. The first-order valence-electron chi connectivity index (χ1n) is 7.81. The van der Waals surface area contributed by atoms with Crippen LogP contribution in [0.5, 0.6) is 0 Å². The molecule has 0 saturated carbocycles. The largest absolute Gasteiger partial charge is 0.345 e. The second-order valence-electron chi connectivity index (χ2n) is 5.69. The number of anilines is 2. The summed E-state index contributed by atoms with van der Waals surface area (Å²) in [6.45, 7) is 0. The zero-order valence-electron chi connectivity index (χ0n) is 14.3. The summed E-state index contributed by atoms with van der Waals surface area (Å²) in [5.41, 5.74) is 2.80. The molecule has 8 heteroatoms. The molecule has 1 N–H and O–H groups in total. The van der Waals surface area contributed by atoms with E-state index in [1.165, 1.54) is 11.3 Å². The van der Waals surface area contributed by atoms with Gasteiger partial charge in [0.25, 0.3) is 5.91 Å². The maximum absolute atomic E-state index is 11.9. The molecule has 0 radical (unpaired) electrons. The molecule has 5 nitrogen and oxygen atoms in total. The molecule has 0 spiro atoms. The zero-order chi connectivity index (χ0) is 18.5. The Morgan fingerprint density at radius 1 is 1.19 bits per heavy atom. The van der Waals surface area contributed by atoms with Gasteiger partial charge in [-0.2, -0.15) is 0 Å². The summed E-state index contributed by atoms with van der Waals surface area (Å²) in [4.78, 5) is 13.5. The number of nitrogens with zero attached hydrogens (tertiary/aromatic N) is 3. The van der Waals surface area contributed by atoms with E-state index in [2.05, 4.69) is 31.4 Å². The van der Waals surface area contributed by atoms with Crippen LogP contribution in [-0.4, -0.2) is 35.1 Å². The molecule has 2 aromatic carbocycles. The topological polar surface area (TPSA) is 58.1 Å². The van der Waals surface area contributed by atoms with Crippen LogP contribution >= 0.6 is 39.0 Å². The molecule has 0 unspecified atom stereocenters. The molecular weight excluding hydrogens is 432 g/mol. The molecule has 0 bridgehead atoms. The van der Waals surface area contributed by atoms with Crippen LogP contribution in [-0.2, 0) is 5.75 Å². The van der Waals surface area contributed by atoms with Crippen molar-refractivity contribution in [2.45, 2.75) is 10.1 Å². The minimum absolute atomic E-state index is 0.0107. The highest BCUT2D eigenvalue weighted by Crippen LogP contribution is 2.30. The summed E-state index contributed by atoms with van der Waals surface area (Å²) in [5, 5.41) is 12.4. The summed E-state index contributed by atoms with van der Waals surface area (Å²) in [7, 11) is 3.50. The van der Waals surface area contributed by atoms with Gasteiger partial charge >= 0.3 is 0 Å². The number of thioether (sulfide) groups is 1. The lowest BCUT2D eigenvalue weighted by Crippen LogP contribution is -2.21. The molecule has 0 aliphatic rings. The van der Waals surface area contributed by atoms with Gasteiger partial charge in [0.2, 0.25) is 5.13 Å². The van der Waals surface area contributed by atoms with Crippen molar-refractivity contribution in [3.8, 4) is 0 Å². The Morgan fingerprint density at radius 3 is 2.65 bits per heavy atom. The minimum Gasteiger partial charge on any atom is -0.345 e. The summed E-state index contributed by atoms with van der Waals surface area (Å²) in [6, 6.07) is 15.6. The third-order valence-corrected chi connectivity index (χ3v) is 5.99. The second-order valence-corrected chi connectivity index (χ2v) is 8.81. The second kappa shape index (κ2) is 8.66. The predicted molar refractivity (Wildman–Crippen MR) is 111 cm³/mol. The monoisotopic (exact) mass is 448 g/mol. The van der Waals surface area contributed by atoms with Crippen molar-refractivity contribution in [3.05, 3.63) is 64.1 Å². The van der Waals surface area contributed by atoms with Crippen LogP contribution in [0.3, 0.4) is 0 Å². The molecule has 0 atom stereocenters. The first kappa shape index (κ1) is 18.9. The summed E-state index contributed by atoms with van der Waals surface area (Å²) < 4.78 is 1.91. The number of amides is 1. The van der Waals surface area contributed by atoms with Crippen molar-refractivity contribution in [2.75, 3.05) is 19.4 Å². The molecule has 1 amide bonds. The van der Waals surface area contributed by atoms with E-state index in [1.807, 2.05) is 48.5 Å². The van der Waals surface area contributed by atoms with Crippen LogP contribution in [0, 0.1) is 0 Å². The van der Waals surface area contributed by atoms with Gasteiger partial charge in [0.05, 0.1) is 0 Å². The van der Waals surface area contributed by atoms with Crippen LogP contribution in [0.25, 0.3) is 0 Å². The lowest BCUT2D eigenvalue weighted by atomic mass is 10.1. The number of carbonyl (C=O) groups is 1. The SMILES string of the molecule is CN(C)C(=O)c1ccc(CSc2nnc(Nc3cccc(Br)c3)s2)cc1. The van der Waals surface area contributed by atoms with Gasteiger partial charge in [-0.1, -0.05) is 57.2 Å². The fourth-order valence-corrected chi connectivity index (χ4v) is 4.28. The Kier molecular flexibility index (Phi) is 6.29. The lowest BCUT2D eigenvalue weighted by Gasteiger charge is -2.10. The molecule has 3 rings (SSSR count). The summed E-state index contributed by atoms with van der Waals surface area (Å²) in [5.74, 6) is 0.790. The van der Waals surface area contributed by atoms with Gasteiger partial charge in [-0.3, -0.25) is 4.79 Å². The van der Waals surface area contributed by atoms with Crippen molar-refractivity contribution in [1.29, 1.82) is 0 Å². The number of hydrogen-bond acceptors (Lipinski definition) is 6. The number of aromatic nitrogens is 2. The molecule has 134 valence electrons. The Bertz CT molecular complexity index is 896. The molecule has 0 fully saturated rings. The van der Waals surface area contributed by atoms with E-state index in [1.54, 1.807) is 30.8 Å². The number of rotatable bonds is 6. The maximum atomic E-state index is 11.9.